The Balaban J connectivity index is 1.57. The Bertz CT molecular complexity index is 1350. The molecule has 0 aliphatic carbocycles. The van der Waals surface area contributed by atoms with Gasteiger partial charge in [0.25, 0.3) is 11.7 Å². The standard InChI is InChI=1S/C28H24N2O5/c1-33-15-14-27(21-11-7-12-22-24(21)29-25(31)28(22)34-16-17-35-28)20-10-5-6-13-23(20)30(26(27)32)18-19-8-3-2-4-9-19/h2-15H,16-18H2,1H3,(H,29,31)/b15-14+/t27-/m1/s1. The molecule has 1 N–H and O–H groups in total. The molecule has 3 aliphatic heterocycles. The van der Waals surface area contributed by atoms with E-state index in [1.54, 1.807) is 18.1 Å². The number of hydrogen-bond acceptors (Lipinski definition) is 5. The lowest BCUT2D eigenvalue weighted by atomic mass is 9.74. The molecule has 1 saturated heterocycles. The Morgan fingerprint density at radius 3 is 2.37 bits per heavy atom. The zero-order chi connectivity index (χ0) is 24.0. The zero-order valence-electron chi connectivity index (χ0n) is 19.2. The van der Waals surface area contributed by atoms with E-state index in [2.05, 4.69) is 5.32 Å². The number of fused-ring (bicyclic) bond motifs is 3. The van der Waals surface area contributed by atoms with E-state index in [4.69, 9.17) is 14.2 Å². The van der Waals surface area contributed by atoms with Crippen molar-refractivity contribution in [2.24, 2.45) is 0 Å². The van der Waals surface area contributed by atoms with Gasteiger partial charge < -0.3 is 24.4 Å². The number of para-hydroxylation sites is 2. The summed E-state index contributed by atoms with van der Waals surface area (Å²) in [5, 5.41) is 2.96. The van der Waals surface area contributed by atoms with Crippen LogP contribution < -0.4 is 10.2 Å². The third-order valence-electron chi connectivity index (χ3n) is 6.92. The SMILES string of the molecule is CO/C=C/[C@@]1(c2cccc3c2NC(=O)C32OCCO2)C(=O)N(Cc2ccccc2)c2ccccc21. The molecular weight excluding hydrogens is 444 g/mol. The van der Waals surface area contributed by atoms with Crippen molar-refractivity contribution >= 4 is 23.2 Å². The minimum Gasteiger partial charge on any atom is -0.505 e. The van der Waals surface area contributed by atoms with Gasteiger partial charge in [-0.3, -0.25) is 9.59 Å². The number of rotatable bonds is 5. The predicted molar refractivity (Wildman–Crippen MR) is 130 cm³/mol. The second-order valence-electron chi connectivity index (χ2n) is 8.74. The average Bonchev–Trinajstić information content (AvgIpc) is 3.56. The van der Waals surface area contributed by atoms with E-state index in [-0.39, 0.29) is 11.8 Å². The van der Waals surface area contributed by atoms with Crippen LogP contribution in [0.3, 0.4) is 0 Å². The number of anilines is 2. The Morgan fingerprint density at radius 1 is 0.914 bits per heavy atom. The number of nitrogens with one attached hydrogen (secondary N) is 1. The first-order valence-corrected chi connectivity index (χ1v) is 11.5. The molecule has 35 heavy (non-hydrogen) atoms. The summed E-state index contributed by atoms with van der Waals surface area (Å²) in [6, 6.07) is 23.1. The van der Waals surface area contributed by atoms with E-state index >= 15 is 0 Å². The average molecular weight is 469 g/mol. The molecule has 0 aromatic heterocycles. The lowest BCUT2D eigenvalue weighted by Gasteiger charge is -2.28. The summed E-state index contributed by atoms with van der Waals surface area (Å²) in [5.74, 6) is -2.00. The summed E-state index contributed by atoms with van der Waals surface area (Å²) in [4.78, 5) is 29.3. The number of carbonyl (C=O) groups is 2. The number of methoxy groups -OCH3 is 1. The van der Waals surface area contributed by atoms with Crippen LogP contribution >= 0.6 is 0 Å². The molecule has 7 heteroatoms. The van der Waals surface area contributed by atoms with Crippen molar-refractivity contribution in [1.82, 2.24) is 0 Å². The third kappa shape index (κ3) is 2.98. The van der Waals surface area contributed by atoms with Gasteiger partial charge in [-0.15, -0.1) is 0 Å². The summed E-state index contributed by atoms with van der Waals surface area (Å²) in [5.41, 5.74) is 3.17. The highest BCUT2D eigenvalue weighted by Gasteiger charge is 2.57. The Hall–Kier alpha value is -3.94. The van der Waals surface area contributed by atoms with Crippen LogP contribution in [0.25, 0.3) is 0 Å². The van der Waals surface area contributed by atoms with Gasteiger partial charge in [0.2, 0.25) is 5.91 Å². The fourth-order valence-electron chi connectivity index (χ4n) is 5.39. The van der Waals surface area contributed by atoms with Crippen molar-refractivity contribution in [1.29, 1.82) is 0 Å². The molecule has 3 aromatic rings. The molecule has 176 valence electrons. The first kappa shape index (κ1) is 21.6. The van der Waals surface area contributed by atoms with Gasteiger partial charge in [0.05, 0.1) is 38.8 Å². The van der Waals surface area contributed by atoms with E-state index in [1.165, 1.54) is 6.26 Å². The van der Waals surface area contributed by atoms with Crippen LogP contribution in [0.5, 0.6) is 0 Å². The molecule has 7 nitrogen and oxygen atoms in total. The summed E-state index contributed by atoms with van der Waals surface area (Å²) < 4.78 is 16.9. The summed E-state index contributed by atoms with van der Waals surface area (Å²) in [7, 11) is 1.55. The molecular formula is C28H24N2O5. The largest absolute Gasteiger partial charge is 0.505 e. The molecule has 0 bridgehead atoms. The maximum absolute atomic E-state index is 14.4. The van der Waals surface area contributed by atoms with Gasteiger partial charge in [0.1, 0.15) is 5.41 Å². The molecule has 1 spiro atoms. The molecule has 3 aromatic carbocycles. The Labute approximate surface area is 202 Å². The first-order valence-electron chi connectivity index (χ1n) is 11.5. The normalized spacial score (nSPS) is 22.0. The highest BCUT2D eigenvalue weighted by Crippen LogP contribution is 2.53. The number of nitrogens with zero attached hydrogens (tertiary/aromatic N) is 1. The van der Waals surface area contributed by atoms with Gasteiger partial charge in [-0.05, 0) is 23.3 Å². The summed E-state index contributed by atoms with van der Waals surface area (Å²) in [6.45, 7) is 1.05. The fourth-order valence-corrected chi connectivity index (χ4v) is 5.39. The van der Waals surface area contributed by atoms with Crippen LogP contribution in [0, 0.1) is 0 Å². The van der Waals surface area contributed by atoms with Crippen molar-refractivity contribution in [2.75, 3.05) is 30.5 Å². The highest BCUT2D eigenvalue weighted by molar-refractivity contribution is 6.14. The molecule has 6 rings (SSSR count). The zero-order valence-corrected chi connectivity index (χ0v) is 19.2. The van der Waals surface area contributed by atoms with Crippen molar-refractivity contribution in [2.45, 2.75) is 17.7 Å². The maximum Gasteiger partial charge on any atom is 0.289 e. The molecule has 0 unspecified atom stereocenters. The lowest BCUT2D eigenvalue weighted by molar-refractivity contribution is -0.178. The summed E-state index contributed by atoms with van der Waals surface area (Å²) in [6.07, 6.45) is 3.29. The number of benzene rings is 3. The van der Waals surface area contributed by atoms with Crippen LogP contribution in [-0.4, -0.2) is 32.1 Å². The molecule has 1 fully saturated rings. The van der Waals surface area contributed by atoms with Gasteiger partial charge in [-0.2, -0.15) is 0 Å². The minimum atomic E-state index is -1.48. The van der Waals surface area contributed by atoms with Crippen LogP contribution in [0.1, 0.15) is 22.3 Å². The van der Waals surface area contributed by atoms with Gasteiger partial charge >= 0.3 is 0 Å². The second-order valence-corrected chi connectivity index (χ2v) is 8.74. The highest BCUT2D eigenvalue weighted by atomic mass is 16.7. The first-order chi connectivity index (χ1) is 17.1. The van der Waals surface area contributed by atoms with Gasteiger partial charge in [0, 0.05) is 16.8 Å². The summed E-state index contributed by atoms with van der Waals surface area (Å²) >= 11 is 0. The fraction of sp³-hybridized carbons (Fsp3) is 0.214. The van der Waals surface area contributed by atoms with Crippen LogP contribution in [0.2, 0.25) is 0 Å². The predicted octanol–water partition coefficient (Wildman–Crippen LogP) is 3.83. The molecule has 0 saturated carbocycles. The van der Waals surface area contributed by atoms with Gasteiger partial charge in [-0.25, -0.2) is 0 Å². The van der Waals surface area contributed by atoms with Crippen LogP contribution in [0.4, 0.5) is 11.4 Å². The van der Waals surface area contributed by atoms with E-state index in [9.17, 15) is 9.59 Å². The van der Waals surface area contributed by atoms with Crippen molar-refractivity contribution in [3.63, 3.8) is 0 Å². The van der Waals surface area contributed by atoms with E-state index in [0.29, 0.717) is 36.6 Å². The van der Waals surface area contributed by atoms with Crippen LogP contribution in [0.15, 0.2) is 85.1 Å². The van der Waals surface area contributed by atoms with Gasteiger partial charge in [-0.1, -0.05) is 66.7 Å². The van der Waals surface area contributed by atoms with Crippen molar-refractivity contribution in [3.8, 4) is 0 Å². The van der Waals surface area contributed by atoms with Gasteiger partial charge in [0.15, 0.2) is 0 Å². The van der Waals surface area contributed by atoms with E-state index < -0.39 is 11.2 Å². The number of amides is 2. The van der Waals surface area contributed by atoms with E-state index in [1.807, 2.05) is 72.8 Å². The number of carbonyl (C=O) groups excluding carboxylic acids is 2. The Kier molecular flexibility index (Phi) is 4.98. The quantitative estimate of drug-likeness (QED) is 0.576. The second kappa shape index (κ2) is 8.08. The minimum absolute atomic E-state index is 0.132. The topological polar surface area (TPSA) is 77.1 Å². The van der Waals surface area contributed by atoms with Crippen LogP contribution in [-0.2, 0) is 41.5 Å². The molecule has 3 heterocycles. The molecule has 0 radical (unpaired) electrons. The lowest BCUT2D eigenvalue weighted by Crippen LogP contribution is -2.40. The number of ether oxygens (including phenoxy) is 3. The third-order valence-corrected chi connectivity index (χ3v) is 6.92. The smallest absolute Gasteiger partial charge is 0.289 e. The van der Waals surface area contributed by atoms with Crippen molar-refractivity contribution < 1.29 is 23.8 Å². The monoisotopic (exact) mass is 468 g/mol. The Morgan fingerprint density at radius 2 is 1.60 bits per heavy atom. The van der Waals surface area contributed by atoms with Crippen molar-refractivity contribution in [3.05, 3.63) is 107 Å². The molecule has 2 amide bonds. The molecule has 1 atom stereocenters. The number of hydrogen-bond donors (Lipinski definition) is 1. The van der Waals surface area contributed by atoms with E-state index in [0.717, 1.165) is 16.8 Å². The maximum atomic E-state index is 14.4. The molecule has 3 aliphatic rings.